The van der Waals surface area contributed by atoms with Gasteiger partial charge in [-0.15, -0.1) is 0 Å². The van der Waals surface area contributed by atoms with Crippen LogP contribution in [0.2, 0.25) is 0 Å². The van der Waals surface area contributed by atoms with Gasteiger partial charge >= 0.3 is 0 Å². The van der Waals surface area contributed by atoms with Crippen LogP contribution in [-0.2, 0) is 0 Å². The van der Waals surface area contributed by atoms with Gasteiger partial charge in [0.1, 0.15) is 0 Å². The second-order valence-electron chi connectivity index (χ2n) is 9.06. The van der Waals surface area contributed by atoms with Crippen LogP contribution < -0.4 is 9.91 Å². The van der Waals surface area contributed by atoms with E-state index in [1.165, 1.54) is 38.0 Å². The van der Waals surface area contributed by atoms with Gasteiger partial charge in [0.25, 0.3) is 0 Å². The molecule has 0 amide bonds. The fraction of sp³-hybridized carbons (Fsp3) is 0.121. The van der Waals surface area contributed by atoms with Crippen molar-refractivity contribution in [2.75, 3.05) is 23.0 Å². The summed E-state index contributed by atoms with van der Waals surface area (Å²) in [6.45, 7) is 6.43. The van der Waals surface area contributed by atoms with Crippen LogP contribution in [0.15, 0.2) is 114 Å². The van der Waals surface area contributed by atoms with Crippen LogP contribution in [0, 0.1) is 0 Å². The molecule has 0 N–H and O–H groups in total. The minimum atomic E-state index is 0.993. The van der Waals surface area contributed by atoms with Crippen molar-refractivity contribution in [1.82, 2.24) is 0 Å². The summed E-state index contributed by atoms with van der Waals surface area (Å²) in [4.78, 5) is 2.44. The van der Waals surface area contributed by atoms with E-state index in [1.807, 2.05) is 47.6 Å². The van der Waals surface area contributed by atoms with E-state index in [0.717, 1.165) is 30.0 Å². The molecule has 0 saturated carbocycles. The molecule has 0 aliphatic carbocycles. The Labute approximate surface area is 212 Å². The fourth-order valence-electron chi connectivity index (χ4n) is 5.30. The Hall–Kier alpha value is -4.37. The maximum atomic E-state index is 4.99. The lowest BCUT2D eigenvalue weighted by molar-refractivity contribution is 0.871. The van der Waals surface area contributed by atoms with E-state index in [9.17, 15) is 0 Å². The maximum Gasteiger partial charge on any atom is 0.0652 e. The summed E-state index contributed by atoms with van der Waals surface area (Å²) in [6, 6.07) is 38.6. The van der Waals surface area contributed by atoms with Crippen LogP contribution in [0.1, 0.15) is 19.4 Å². The highest BCUT2D eigenvalue weighted by atomic mass is 15.5. The molecular formula is C33H29N3. The molecule has 0 spiro atoms. The van der Waals surface area contributed by atoms with Crippen molar-refractivity contribution in [2.24, 2.45) is 5.10 Å². The first-order chi connectivity index (χ1) is 17.8. The molecule has 0 saturated heterocycles. The Bertz CT molecular complexity index is 1610. The number of rotatable bonds is 7. The third kappa shape index (κ3) is 3.74. The van der Waals surface area contributed by atoms with Crippen LogP contribution in [0.4, 0.5) is 17.1 Å². The lowest BCUT2D eigenvalue weighted by Crippen LogP contribution is -2.21. The molecule has 6 rings (SSSR count). The van der Waals surface area contributed by atoms with Gasteiger partial charge in [-0.3, -0.25) is 0 Å². The topological polar surface area (TPSA) is 18.8 Å². The highest BCUT2D eigenvalue weighted by Gasteiger charge is 2.15. The molecule has 3 nitrogen and oxygen atoms in total. The molecule has 0 atom stereocenters. The van der Waals surface area contributed by atoms with Gasteiger partial charge in [0.15, 0.2) is 0 Å². The summed E-state index contributed by atoms with van der Waals surface area (Å²) < 4.78 is 0. The quantitative estimate of drug-likeness (QED) is 0.133. The summed E-state index contributed by atoms with van der Waals surface area (Å²) in [6.07, 6.45) is 2.00. The molecule has 0 unspecified atom stereocenters. The number of hydrogen-bond acceptors (Lipinski definition) is 3. The molecule has 0 bridgehead atoms. The molecule has 3 heteroatoms. The molecule has 36 heavy (non-hydrogen) atoms. The molecule has 0 fully saturated rings. The number of hydrogen-bond donors (Lipinski definition) is 0. The lowest BCUT2D eigenvalue weighted by atomic mass is 9.91. The second kappa shape index (κ2) is 9.35. The predicted molar refractivity (Wildman–Crippen MR) is 156 cm³/mol. The highest BCUT2D eigenvalue weighted by Crippen LogP contribution is 2.39. The fourth-order valence-corrected chi connectivity index (χ4v) is 5.30. The Kier molecular flexibility index (Phi) is 5.74. The van der Waals surface area contributed by atoms with Crippen molar-refractivity contribution in [3.8, 4) is 0 Å². The summed E-state index contributed by atoms with van der Waals surface area (Å²) in [5.74, 6) is 0. The second-order valence-corrected chi connectivity index (χ2v) is 9.06. The van der Waals surface area contributed by atoms with Crippen molar-refractivity contribution < 1.29 is 0 Å². The van der Waals surface area contributed by atoms with E-state index in [0.29, 0.717) is 0 Å². The van der Waals surface area contributed by atoms with Gasteiger partial charge in [0.05, 0.1) is 17.6 Å². The van der Waals surface area contributed by atoms with E-state index in [-0.39, 0.29) is 0 Å². The molecule has 6 aromatic rings. The van der Waals surface area contributed by atoms with Gasteiger partial charge in [-0.05, 0) is 71.1 Å². The minimum absolute atomic E-state index is 0.993. The monoisotopic (exact) mass is 467 g/mol. The SMILES string of the molecule is CCN(CC)c1ccc2ccc3c(C=NN(c4ccccc4)c4ccccc4)ccc4ccc1c2c43. The third-order valence-corrected chi connectivity index (χ3v) is 7.09. The Balaban J connectivity index is 1.53. The lowest BCUT2D eigenvalue weighted by Gasteiger charge is -2.24. The Morgan fingerprint density at radius 3 is 1.72 bits per heavy atom. The molecule has 0 aliphatic rings. The van der Waals surface area contributed by atoms with Crippen molar-refractivity contribution in [2.45, 2.75) is 13.8 Å². The van der Waals surface area contributed by atoms with Crippen molar-refractivity contribution in [3.63, 3.8) is 0 Å². The average Bonchev–Trinajstić information content (AvgIpc) is 2.94. The first-order valence-electron chi connectivity index (χ1n) is 12.7. The maximum absolute atomic E-state index is 4.99. The van der Waals surface area contributed by atoms with E-state index < -0.39 is 0 Å². The summed E-state index contributed by atoms with van der Waals surface area (Å²) in [5.41, 5.74) is 4.48. The zero-order valence-corrected chi connectivity index (χ0v) is 20.7. The van der Waals surface area contributed by atoms with E-state index in [4.69, 9.17) is 5.10 Å². The van der Waals surface area contributed by atoms with Gasteiger partial charge in [-0.25, -0.2) is 5.01 Å². The summed E-state index contributed by atoms with van der Waals surface area (Å²) >= 11 is 0. The van der Waals surface area contributed by atoms with Crippen molar-refractivity contribution >= 4 is 55.6 Å². The van der Waals surface area contributed by atoms with Crippen LogP contribution >= 0.6 is 0 Å². The molecule has 0 heterocycles. The standard InChI is InChI=1S/C33H29N3/c1-3-35(4-2)31-22-19-25-17-20-29-26(16-15-24-18-21-30(31)33(25)32(24)29)23-34-36(27-11-7-5-8-12-27)28-13-9-6-10-14-28/h5-23H,3-4H2,1-2H3. The molecule has 0 radical (unpaired) electrons. The smallest absolute Gasteiger partial charge is 0.0652 e. The Morgan fingerprint density at radius 2 is 1.11 bits per heavy atom. The summed E-state index contributed by atoms with van der Waals surface area (Å²) in [5, 5.41) is 14.7. The number of hydrazone groups is 1. The first-order valence-corrected chi connectivity index (χ1v) is 12.7. The van der Waals surface area contributed by atoms with Gasteiger partial charge < -0.3 is 4.90 Å². The van der Waals surface area contributed by atoms with E-state index in [2.05, 4.69) is 91.5 Å². The summed E-state index contributed by atoms with van der Waals surface area (Å²) in [7, 11) is 0. The molecule has 176 valence electrons. The van der Waals surface area contributed by atoms with Crippen LogP contribution in [0.3, 0.4) is 0 Å². The van der Waals surface area contributed by atoms with Crippen LogP contribution in [0.5, 0.6) is 0 Å². The largest absolute Gasteiger partial charge is 0.372 e. The van der Waals surface area contributed by atoms with Gasteiger partial charge in [-0.1, -0.05) is 78.9 Å². The van der Waals surface area contributed by atoms with Crippen molar-refractivity contribution in [3.05, 3.63) is 115 Å². The zero-order chi connectivity index (χ0) is 24.5. The first kappa shape index (κ1) is 22.1. The van der Waals surface area contributed by atoms with E-state index >= 15 is 0 Å². The minimum Gasteiger partial charge on any atom is -0.372 e. The number of benzene rings is 6. The molecule has 0 aromatic heterocycles. The highest BCUT2D eigenvalue weighted by molar-refractivity contribution is 6.27. The van der Waals surface area contributed by atoms with Crippen LogP contribution in [0.25, 0.3) is 32.3 Å². The third-order valence-electron chi connectivity index (χ3n) is 7.09. The normalized spacial score (nSPS) is 11.7. The zero-order valence-electron chi connectivity index (χ0n) is 20.7. The van der Waals surface area contributed by atoms with Crippen molar-refractivity contribution in [1.29, 1.82) is 0 Å². The number of nitrogens with zero attached hydrogens (tertiary/aromatic N) is 3. The molecule has 0 aliphatic heterocycles. The number of anilines is 3. The molecular weight excluding hydrogens is 438 g/mol. The molecule has 6 aromatic carbocycles. The van der Waals surface area contributed by atoms with Gasteiger partial charge in [0, 0.05) is 29.7 Å². The average molecular weight is 468 g/mol. The number of para-hydroxylation sites is 2. The Morgan fingerprint density at radius 1 is 0.583 bits per heavy atom. The van der Waals surface area contributed by atoms with Gasteiger partial charge in [-0.2, -0.15) is 5.10 Å². The predicted octanol–water partition coefficient (Wildman–Crippen LogP) is 8.60. The van der Waals surface area contributed by atoms with Crippen LogP contribution in [-0.4, -0.2) is 19.3 Å². The van der Waals surface area contributed by atoms with Gasteiger partial charge in [0.2, 0.25) is 0 Å². The van der Waals surface area contributed by atoms with E-state index in [1.54, 1.807) is 0 Å².